The molecule has 54 heavy (non-hydrogen) atoms. The Hall–Kier alpha value is -6.11. The van der Waals surface area contributed by atoms with E-state index in [9.17, 15) is 33.9 Å². The summed E-state index contributed by atoms with van der Waals surface area (Å²) in [4.78, 5) is 80.6. The molecule has 0 amide bonds. The maximum atomic E-state index is 14.4. The highest BCUT2D eigenvalue weighted by Crippen LogP contribution is 2.44. The summed E-state index contributed by atoms with van der Waals surface area (Å²) in [5.41, 5.74) is -0.240. The number of carbonyl (C=O) groups is 5. The molecule has 6 atom stereocenters. The Balaban J connectivity index is 1.57. The van der Waals surface area contributed by atoms with Crippen molar-refractivity contribution in [1.82, 2.24) is 24.5 Å². The topological polar surface area (TPSA) is 236 Å². The van der Waals surface area contributed by atoms with E-state index in [2.05, 4.69) is 15.3 Å². The van der Waals surface area contributed by atoms with E-state index in [0.717, 1.165) is 32.4 Å². The number of para-hydroxylation sites is 1. The molecule has 5 rings (SSSR count). The third-order valence-electron chi connectivity index (χ3n) is 8.41. The van der Waals surface area contributed by atoms with Crippen molar-refractivity contribution in [3.8, 4) is 11.6 Å². The van der Waals surface area contributed by atoms with Crippen LogP contribution in [0.5, 0.6) is 11.6 Å². The van der Waals surface area contributed by atoms with E-state index in [4.69, 9.17) is 33.2 Å². The van der Waals surface area contributed by atoms with Crippen LogP contribution in [0.3, 0.4) is 0 Å². The molecule has 2 aromatic heterocycles. The normalized spacial score (nSPS) is 22.0. The van der Waals surface area contributed by atoms with Crippen LogP contribution in [-0.4, -0.2) is 97.1 Å². The molecule has 3 aromatic rings. The molecule has 288 valence electrons. The van der Waals surface area contributed by atoms with Gasteiger partial charge in [0.25, 0.3) is 5.56 Å². The van der Waals surface area contributed by atoms with Gasteiger partial charge in [-0.25, -0.2) is 9.48 Å². The molecule has 19 nitrogen and oxygen atoms in total. The fourth-order valence-electron chi connectivity index (χ4n) is 6.31. The number of aryl methyl sites for hydroxylation is 1. The third-order valence-corrected chi connectivity index (χ3v) is 8.41. The fraction of sp³-hybridized carbons (Fsp3) is 0.457. The Labute approximate surface area is 307 Å². The number of phenols is 1. The molecule has 2 aliphatic heterocycles. The van der Waals surface area contributed by atoms with Crippen LogP contribution in [0, 0.1) is 6.92 Å². The van der Waals surface area contributed by atoms with Gasteiger partial charge in [-0.05, 0) is 26.8 Å². The van der Waals surface area contributed by atoms with E-state index in [1.807, 2.05) is 0 Å². The van der Waals surface area contributed by atoms with Crippen molar-refractivity contribution in [1.29, 1.82) is 0 Å². The number of nitrogens with zero attached hydrogens (tertiary/aromatic N) is 5. The molecule has 19 heteroatoms. The van der Waals surface area contributed by atoms with Gasteiger partial charge in [-0.15, -0.1) is 5.10 Å². The van der Waals surface area contributed by atoms with Gasteiger partial charge in [0.15, 0.2) is 24.5 Å². The lowest BCUT2D eigenvalue weighted by molar-refractivity contribution is -0.270. The molecule has 0 aliphatic carbocycles. The minimum atomic E-state index is -1.46. The molecule has 0 saturated carbocycles. The third kappa shape index (κ3) is 8.25. The summed E-state index contributed by atoms with van der Waals surface area (Å²) in [5, 5.41) is 19.2. The number of hydrogen-bond acceptors (Lipinski definition) is 17. The number of rotatable bonds is 11. The van der Waals surface area contributed by atoms with Crippen molar-refractivity contribution in [2.24, 2.45) is 0 Å². The van der Waals surface area contributed by atoms with Gasteiger partial charge in [-0.2, -0.15) is 4.98 Å². The van der Waals surface area contributed by atoms with Gasteiger partial charge in [0, 0.05) is 33.3 Å². The number of allylic oxidation sites excluding steroid dienone is 1. The van der Waals surface area contributed by atoms with Crippen molar-refractivity contribution in [3.63, 3.8) is 0 Å². The van der Waals surface area contributed by atoms with Gasteiger partial charge in [-0.3, -0.25) is 28.5 Å². The molecule has 1 N–H and O–H groups in total. The summed E-state index contributed by atoms with van der Waals surface area (Å²) in [7, 11) is 0. The summed E-state index contributed by atoms with van der Waals surface area (Å²) < 4.78 is 41.4. The van der Waals surface area contributed by atoms with E-state index in [1.54, 1.807) is 32.0 Å². The first-order valence-electron chi connectivity index (χ1n) is 16.8. The van der Waals surface area contributed by atoms with Crippen LogP contribution in [0.4, 0.5) is 0 Å². The zero-order chi connectivity index (χ0) is 39.4. The first-order valence-corrected chi connectivity index (χ1v) is 16.8. The number of esters is 5. The van der Waals surface area contributed by atoms with Crippen LogP contribution < -0.4 is 10.3 Å². The van der Waals surface area contributed by atoms with Crippen molar-refractivity contribution >= 4 is 29.8 Å². The summed E-state index contributed by atoms with van der Waals surface area (Å²) in [6, 6.07) is 6.24. The zero-order valence-electron chi connectivity index (χ0n) is 30.5. The standard InChI is InChI=1S/C35H39N5O14/c1-8-48-35(47)26-16(2)50-32-28(27(26)23-11-9-10-12-24(23)45)33(46)39(17(3)36-32)13-22-14-40(38-37-22)34-31(53-21(7)44)30(52-20(6)43)29(51-19(5)42)25(54-34)15-49-18(4)41/h9-12,14,25,27,29-31,34,45H,8,13,15H2,1-7H3/t25-,27?,29-,30+,31-,34-/m1/s1. The smallest absolute Gasteiger partial charge is 0.338 e. The van der Waals surface area contributed by atoms with E-state index in [0.29, 0.717) is 0 Å². The van der Waals surface area contributed by atoms with E-state index >= 15 is 0 Å². The Morgan fingerprint density at radius 2 is 1.54 bits per heavy atom. The number of hydrogen-bond donors (Lipinski definition) is 1. The molecule has 0 bridgehead atoms. The minimum absolute atomic E-state index is 0.00903. The van der Waals surface area contributed by atoms with Crippen LogP contribution in [0.15, 0.2) is 46.6 Å². The Morgan fingerprint density at radius 3 is 2.17 bits per heavy atom. The summed E-state index contributed by atoms with van der Waals surface area (Å²) >= 11 is 0. The SMILES string of the molecule is CCOC(=O)C1=C(C)Oc2nc(C)n(Cc3cn([C@@H]4O[C@H](COC(C)=O)[C@@H](OC(C)=O)[C@H](OC(C)=O)[C@H]4OC(C)=O)nn3)c(=O)c2C1c1ccccc1O. The predicted molar refractivity (Wildman–Crippen MR) is 179 cm³/mol. The number of aromatic nitrogens is 5. The van der Waals surface area contributed by atoms with Gasteiger partial charge in [0.2, 0.25) is 5.88 Å². The predicted octanol–water partition coefficient (Wildman–Crippen LogP) is 1.51. The van der Waals surface area contributed by atoms with Crippen molar-refractivity contribution in [3.05, 3.63) is 74.8 Å². The quantitative estimate of drug-likeness (QED) is 0.216. The molecule has 1 unspecified atom stereocenters. The summed E-state index contributed by atoms with van der Waals surface area (Å²) in [6.07, 6.45) is -5.54. The molecular weight excluding hydrogens is 714 g/mol. The summed E-state index contributed by atoms with van der Waals surface area (Å²) in [6.45, 7) is 8.55. The van der Waals surface area contributed by atoms with Crippen molar-refractivity contribution in [2.75, 3.05) is 13.2 Å². The van der Waals surface area contributed by atoms with Crippen LogP contribution in [-0.2, 0) is 58.9 Å². The molecule has 1 saturated heterocycles. The molecule has 2 aliphatic rings. The first-order chi connectivity index (χ1) is 25.6. The second-order valence-corrected chi connectivity index (χ2v) is 12.3. The second kappa shape index (κ2) is 16.3. The molecule has 4 heterocycles. The van der Waals surface area contributed by atoms with Gasteiger partial charge >= 0.3 is 29.8 Å². The average molecular weight is 754 g/mol. The monoisotopic (exact) mass is 753 g/mol. The van der Waals surface area contributed by atoms with Crippen LogP contribution >= 0.6 is 0 Å². The number of benzene rings is 1. The van der Waals surface area contributed by atoms with Gasteiger partial charge in [0.1, 0.15) is 35.7 Å². The van der Waals surface area contributed by atoms with E-state index < -0.39 is 78.6 Å². The zero-order valence-corrected chi connectivity index (χ0v) is 30.5. The van der Waals surface area contributed by atoms with E-state index in [-0.39, 0.29) is 58.8 Å². The summed E-state index contributed by atoms with van der Waals surface area (Å²) in [5.74, 6) is -4.83. The Morgan fingerprint density at radius 1 is 0.889 bits per heavy atom. The van der Waals surface area contributed by atoms with E-state index in [1.165, 1.54) is 23.8 Å². The molecule has 1 aromatic carbocycles. The number of aromatic hydroxyl groups is 1. The Kier molecular flexibility index (Phi) is 11.8. The molecule has 0 spiro atoms. The molecule has 1 fully saturated rings. The maximum Gasteiger partial charge on any atom is 0.338 e. The number of ether oxygens (including phenoxy) is 7. The van der Waals surface area contributed by atoms with Crippen LogP contribution in [0.1, 0.15) is 76.3 Å². The van der Waals surface area contributed by atoms with Gasteiger partial charge in [-0.1, -0.05) is 23.4 Å². The highest BCUT2D eigenvalue weighted by atomic mass is 16.7. The first kappa shape index (κ1) is 39.1. The average Bonchev–Trinajstić information content (AvgIpc) is 3.55. The van der Waals surface area contributed by atoms with Crippen molar-refractivity contribution in [2.45, 2.75) is 91.6 Å². The van der Waals surface area contributed by atoms with Crippen LogP contribution in [0.2, 0.25) is 0 Å². The highest BCUT2D eigenvalue weighted by molar-refractivity contribution is 5.92. The Bertz CT molecular complexity index is 2050. The largest absolute Gasteiger partial charge is 0.508 e. The lowest BCUT2D eigenvalue weighted by atomic mass is 9.83. The molecule has 0 radical (unpaired) electrons. The number of fused-ring (bicyclic) bond motifs is 1. The minimum Gasteiger partial charge on any atom is -0.508 e. The van der Waals surface area contributed by atoms with Gasteiger partial charge in [0.05, 0.1) is 36.4 Å². The van der Waals surface area contributed by atoms with Gasteiger partial charge < -0.3 is 38.3 Å². The lowest BCUT2D eigenvalue weighted by Crippen LogP contribution is -2.60. The molecular formula is C35H39N5O14. The number of phenolic OH excluding ortho intramolecular Hbond substituents is 1. The lowest BCUT2D eigenvalue weighted by Gasteiger charge is -2.44. The highest BCUT2D eigenvalue weighted by Gasteiger charge is 2.53. The number of carbonyl (C=O) groups excluding carboxylic acids is 5. The van der Waals surface area contributed by atoms with Crippen LogP contribution in [0.25, 0.3) is 0 Å². The maximum absolute atomic E-state index is 14.4. The second-order valence-electron chi connectivity index (χ2n) is 12.3. The van der Waals surface area contributed by atoms with Crippen molar-refractivity contribution < 1.29 is 62.2 Å². The fourth-order valence-corrected chi connectivity index (χ4v) is 6.31.